The number of nitrogens with zero attached hydrogens (tertiary/aromatic N) is 1. The Morgan fingerprint density at radius 2 is 2.25 bits per heavy atom. The summed E-state index contributed by atoms with van der Waals surface area (Å²) in [6.45, 7) is 3.93. The zero-order valence-electron chi connectivity index (χ0n) is 16.5. The second-order valence-corrected chi connectivity index (χ2v) is 9.05. The highest BCUT2D eigenvalue weighted by atomic mass is 32.2. The van der Waals surface area contributed by atoms with Crippen molar-refractivity contribution < 1.29 is 22.4 Å². The van der Waals surface area contributed by atoms with Gasteiger partial charge in [-0.2, -0.15) is 0 Å². The molecule has 1 aromatic carbocycles. The summed E-state index contributed by atoms with van der Waals surface area (Å²) >= 11 is -2.64. The third-order valence-corrected chi connectivity index (χ3v) is 7.98. The van der Waals surface area contributed by atoms with Gasteiger partial charge in [0.2, 0.25) is 0 Å². The van der Waals surface area contributed by atoms with Crippen molar-refractivity contribution in [2.24, 2.45) is 0 Å². The molecule has 6 atom stereocenters. The van der Waals surface area contributed by atoms with Crippen LogP contribution in [0.1, 0.15) is 37.3 Å². The highest BCUT2D eigenvalue weighted by molar-refractivity contribution is 7.74. The molecule has 1 spiro atoms. The third-order valence-electron chi connectivity index (χ3n) is 7.66. The van der Waals surface area contributed by atoms with Gasteiger partial charge in [0.15, 0.2) is 11.5 Å². The van der Waals surface area contributed by atoms with Gasteiger partial charge >= 0.3 is 0 Å². The molecule has 7 nitrogen and oxygen atoms in total. The van der Waals surface area contributed by atoms with Crippen LogP contribution in [-0.4, -0.2) is 64.7 Å². The van der Waals surface area contributed by atoms with Crippen LogP contribution < -0.4 is 14.2 Å². The lowest BCUT2D eigenvalue weighted by atomic mass is 9.48. The first-order chi connectivity index (χ1) is 13.5. The topological polar surface area (TPSA) is 83.1 Å². The first-order valence-corrected chi connectivity index (χ1v) is 11.1. The van der Waals surface area contributed by atoms with Crippen LogP contribution in [0.15, 0.2) is 12.1 Å². The molecule has 1 N–H and O–H groups in total. The SMILES string of the molecule is CCNC1CC[C@@]2(OC)[C@H]3Cc4ccc(OS(=O)[O-])c5c4[C@@]2(CCN3C)C1O5. The summed E-state index contributed by atoms with van der Waals surface area (Å²) < 4.78 is 40.6. The Labute approximate surface area is 168 Å². The second-order valence-electron chi connectivity index (χ2n) is 8.47. The minimum Gasteiger partial charge on any atom is -0.740 e. The molecular weight excluding hydrogens is 380 g/mol. The van der Waals surface area contributed by atoms with Crippen molar-refractivity contribution in [3.8, 4) is 11.5 Å². The van der Waals surface area contributed by atoms with Crippen LogP contribution in [0.2, 0.25) is 0 Å². The molecular formula is C20H27N2O5S-. The monoisotopic (exact) mass is 407 g/mol. The summed E-state index contributed by atoms with van der Waals surface area (Å²) in [4.78, 5) is 2.43. The van der Waals surface area contributed by atoms with Crippen LogP contribution in [-0.2, 0) is 27.9 Å². The number of methoxy groups -OCH3 is 1. The number of likely N-dealkylation sites (tertiary alicyclic amines) is 1. The van der Waals surface area contributed by atoms with E-state index in [0.717, 1.165) is 44.3 Å². The molecule has 28 heavy (non-hydrogen) atoms. The van der Waals surface area contributed by atoms with E-state index in [2.05, 4.69) is 24.2 Å². The van der Waals surface area contributed by atoms with Gasteiger partial charge in [0.05, 0.1) is 11.0 Å². The van der Waals surface area contributed by atoms with Gasteiger partial charge in [-0.25, -0.2) is 4.21 Å². The van der Waals surface area contributed by atoms with Gasteiger partial charge in [0.25, 0.3) is 0 Å². The van der Waals surface area contributed by atoms with Gasteiger partial charge in [-0.05, 0) is 57.5 Å². The van der Waals surface area contributed by atoms with E-state index in [-0.39, 0.29) is 35.0 Å². The van der Waals surface area contributed by atoms with E-state index in [1.54, 1.807) is 6.07 Å². The zero-order valence-corrected chi connectivity index (χ0v) is 17.3. The summed E-state index contributed by atoms with van der Waals surface area (Å²) in [6, 6.07) is 4.22. The lowest BCUT2D eigenvalue weighted by Crippen LogP contribution is -2.78. The fourth-order valence-electron chi connectivity index (χ4n) is 6.74. The lowest BCUT2D eigenvalue weighted by Gasteiger charge is -2.65. The summed E-state index contributed by atoms with van der Waals surface area (Å²) in [5.74, 6) is 0.884. The molecule has 2 bridgehead atoms. The van der Waals surface area contributed by atoms with E-state index >= 15 is 0 Å². The van der Waals surface area contributed by atoms with Crippen molar-refractivity contribution >= 4 is 11.4 Å². The summed E-state index contributed by atoms with van der Waals surface area (Å²) in [5, 5.41) is 3.61. The minimum absolute atomic E-state index is 0.101. The van der Waals surface area contributed by atoms with Gasteiger partial charge in [-0.15, -0.1) is 0 Å². The average Bonchev–Trinajstić information content (AvgIpc) is 3.03. The largest absolute Gasteiger partial charge is 0.740 e. The van der Waals surface area contributed by atoms with Crippen LogP contribution >= 0.6 is 0 Å². The number of piperidine rings is 1. The Kier molecular flexibility index (Phi) is 4.30. The number of rotatable bonds is 5. The molecule has 8 heteroatoms. The Bertz CT molecular complexity index is 835. The molecule has 2 heterocycles. The molecule has 1 saturated heterocycles. The molecule has 2 aliphatic heterocycles. The van der Waals surface area contributed by atoms with Gasteiger partial charge < -0.3 is 28.4 Å². The Hall–Kier alpha value is -1.19. The third kappa shape index (κ3) is 2.15. The fraction of sp³-hybridized carbons (Fsp3) is 0.700. The molecule has 154 valence electrons. The molecule has 2 fully saturated rings. The number of benzene rings is 1. The molecule has 2 aliphatic carbocycles. The van der Waals surface area contributed by atoms with E-state index in [4.69, 9.17) is 13.7 Å². The fourth-order valence-corrected chi connectivity index (χ4v) is 7.02. The van der Waals surface area contributed by atoms with Crippen LogP contribution in [0.5, 0.6) is 11.5 Å². The summed E-state index contributed by atoms with van der Waals surface area (Å²) in [7, 11) is 4.01. The predicted octanol–water partition coefficient (Wildman–Crippen LogP) is 1.28. The number of ether oxygens (including phenoxy) is 2. The first kappa shape index (κ1) is 18.8. The maximum absolute atomic E-state index is 11.3. The van der Waals surface area contributed by atoms with Crippen molar-refractivity contribution in [3.63, 3.8) is 0 Å². The smallest absolute Gasteiger partial charge is 0.181 e. The maximum atomic E-state index is 11.3. The Morgan fingerprint density at radius 1 is 1.43 bits per heavy atom. The predicted molar refractivity (Wildman–Crippen MR) is 103 cm³/mol. The van der Waals surface area contributed by atoms with E-state index in [9.17, 15) is 8.76 Å². The summed E-state index contributed by atoms with van der Waals surface area (Å²) in [6.07, 6.45) is 3.61. The normalized spacial score (nSPS) is 39.2. The van der Waals surface area contributed by atoms with Crippen LogP contribution in [0.3, 0.4) is 0 Å². The number of likely N-dealkylation sites (N-methyl/N-ethyl adjacent to an activating group) is 2. The molecule has 1 saturated carbocycles. The van der Waals surface area contributed by atoms with Crippen molar-refractivity contribution in [1.29, 1.82) is 0 Å². The molecule has 0 radical (unpaired) electrons. The van der Waals surface area contributed by atoms with Crippen LogP contribution in [0.25, 0.3) is 0 Å². The minimum atomic E-state index is -2.64. The Morgan fingerprint density at radius 3 is 2.96 bits per heavy atom. The van der Waals surface area contributed by atoms with Crippen molar-refractivity contribution in [2.45, 2.75) is 61.8 Å². The van der Waals surface area contributed by atoms with Gasteiger partial charge in [0, 0.05) is 24.8 Å². The molecule has 0 amide bonds. The van der Waals surface area contributed by atoms with E-state index in [1.807, 2.05) is 13.2 Å². The standard InChI is InChI=1S/C20H28N2O5S/c1-4-21-13-7-8-20(25-3)15-11-12-5-6-14(27-28(23)24)17-16(12)19(20,18(13)26-17)9-10-22(15)2/h5-6,13,15,18,21H,4,7-11H2,1-3H3,(H,23,24)/p-1/t13?,15-,18?,19+,20-/m1/s1. The molecule has 5 rings (SSSR count). The van der Waals surface area contributed by atoms with Gasteiger partial charge in [0.1, 0.15) is 17.5 Å². The molecule has 4 aliphatic rings. The highest BCUT2D eigenvalue weighted by Gasteiger charge is 2.73. The van der Waals surface area contributed by atoms with Crippen molar-refractivity contribution in [1.82, 2.24) is 10.2 Å². The molecule has 3 unspecified atom stereocenters. The maximum Gasteiger partial charge on any atom is 0.181 e. The van der Waals surface area contributed by atoms with E-state index in [0.29, 0.717) is 5.75 Å². The zero-order chi connectivity index (χ0) is 19.7. The van der Waals surface area contributed by atoms with Gasteiger partial charge in [-0.3, -0.25) is 0 Å². The quantitative estimate of drug-likeness (QED) is 0.736. The van der Waals surface area contributed by atoms with E-state index in [1.165, 1.54) is 5.56 Å². The average molecular weight is 408 g/mol. The molecule has 0 aromatic heterocycles. The summed E-state index contributed by atoms with van der Waals surface area (Å²) in [5.41, 5.74) is 1.71. The number of nitrogens with one attached hydrogen (secondary N) is 1. The van der Waals surface area contributed by atoms with Crippen LogP contribution in [0, 0.1) is 0 Å². The van der Waals surface area contributed by atoms with Gasteiger partial charge in [-0.1, -0.05) is 13.0 Å². The Balaban J connectivity index is 1.76. The highest BCUT2D eigenvalue weighted by Crippen LogP contribution is 2.66. The molecule has 1 aromatic rings. The first-order valence-electron chi connectivity index (χ1n) is 10.1. The number of hydrogen-bond donors (Lipinski definition) is 1. The van der Waals surface area contributed by atoms with Crippen molar-refractivity contribution in [2.75, 3.05) is 27.2 Å². The van der Waals surface area contributed by atoms with Crippen LogP contribution in [0.4, 0.5) is 0 Å². The lowest BCUT2D eigenvalue weighted by molar-refractivity contribution is -0.203. The number of hydrogen-bond acceptors (Lipinski definition) is 7. The van der Waals surface area contributed by atoms with Crippen molar-refractivity contribution in [3.05, 3.63) is 23.3 Å². The van der Waals surface area contributed by atoms with E-state index < -0.39 is 11.4 Å². The second kappa shape index (κ2) is 6.40.